The molecule has 1 aliphatic rings. The summed E-state index contributed by atoms with van der Waals surface area (Å²) in [5.41, 5.74) is 0.638. The Balaban J connectivity index is 1.73. The Morgan fingerprint density at radius 3 is 2.75 bits per heavy atom. The number of carboxylic acids is 1. The molecular weight excluding hydrogens is 280 g/mol. The molecule has 0 spiro atoms. The average molecular weight is 297 g/mol. The first-order valence-corrected chi connectivity index (χ1v) is 6.95. The maximum Gasteiger partial charge on any atom is 0.320 e. The molecule has 20 heavy (non-hydrogen) atoms. The van der Waals surface area contributed by atoms with Crippen LogP contribution in [0.3, 0.4) is 0 Å². The number of amides is 1. The van der Waals surface area contributed by atoms with Gasteiger partial charge in [-0.15, -0.1) is 0 Å². The number of hydrogen-bond acceptors (Lipinski definition) is 3. The predicted octanol–water partition coefficient (Wildman–Crippen LogP) is 2.12. The second-order valence-electron chi connectivity index (χ2n) is 4.92. The topological polar surface area (TPSA) is 78.4 Å². The molecule has 1 aliphatic carbocycles. The van der Waals surface area contributed by atoms with E-state index in [0.29, 0.717) is 17.3 Å². The molecule has 0 saturated heterocycles. The van der Waals surface area contributed by atoms with Crippen LogP contribution in [0, 0.1) is 5.92 Å². The third-order valence-corrected chi connectivity index (χ3v) is 3.42. The van der Waals surface area contributed by atoms with Gasteiger partial charge in [0.05, 0.1) is 0 Å². The van der Waals surface area contributed by atoms with Crippen molar-refractivity contribution in [1.82, 2.24) is 5.32 Å². The summed E-state index contributed by atoms with van der Waals surface area (Å²) in [5, 5.41) is 15.2. The van der Waals surface area contributed by atoms with E-state index in [4.69, 9.17) is 16.7 Å². The fourth-order valence-electron chi connectivity index (χ4n) is 2.02. The molecule has 5 nitrogen and oxygen atoms in total. The SMILES string of the molecule is O=C(CCNC(C(=O)O)C1CC1)Nc1cccc(Cl)c1. The lowest BCUT2D eigenvalue weighted by atomic mass is 10.2. The Morgan fingerprint density at radius 2 is 2.15 bits per heavy atom. The quantitative estimate of drug-likeness (QED) is 0.720. The summed E-state index contributed by atoms with van der Waals surface area (Å²) in [4.78, 5) is 22.7. The first-order valence-electron chi connectivity index (χ1n) is 6.58. The Kier molecular flexibility index (Phi) is 4.98. The molecule has 1 amide bonds. The molecule has 2 rings (SSSR count). The molecule has 1 aromatic carbocycles. The van der Waals surface area contributed by atoms with Gasteiger partial charge >= 0.3 is 5.97 Å². The van der Waals surface area contributed by atoms with E-state index in [0.717, 1.165) is 12.8 Å². The second-order valence-corrected chi connectivity index (χ2v) is 5.35. The normalized spacial score (nSPS) is 15.7. The van der Waals surface area contributed by atoms with E-state index in [-0.39, 0.29) is 18.2 Å². The van der Waals surface area contributed by atoms with Crippen molar-refractivity contribution in [3.8, 4) is 0 Å². The van der Waals surface area contributed by atoms with Crippen LogP contribution >= 0.6 is 11.6 Å². The van der Waals surface area contributed by atoms with E-state index in [9.17, 15) is 9.59 Å². The number of aliphatic carboxylic acids is 1. The third-order valence-electron chi connectivity index (χ3n) is 3.18. The largest absolute Gasteiger partial charge is 0.480 e. The van der Waals surface area contributed by atoms with Crippen molar-refractivity contribution in [2.45, 2.75) is 25.3 Å². The highest BCUT2D eigenvalue weighted by atomic mass is 35.5. The third kappa shape index (κ3) is 4.51. The zero-order valence-electron chi connectivity index (χ0n) is 10.9. The molecule has 0 heterocycles. The molecule has 1 fully saturated rings. The number of halogens is 1. The molecule has 0 aromatic heterocycles. The average Bonchev–Trinajstić information content (AvgIpc) is 3.18. The summed E-state index contributed by atoms with van der Waals surface area (Å²) in [6.07, 6.45) is 2.11. The molecule has 1 aromatic rings. The lowest BCUT2D eigenvalue weighted by Crippen LogP contribution is -2.39. The number of carbonyl (C=O) groups excluding carboxylic acids is 1. The van der Waals surface area contributed by atoms with E-state index in [2.05, 4.69) is 10.6 Å². The van der Waals surface area contributed by atoms with E-state index >= 15 is 0 Å². The molecule has 0 radical (unpaired) electrons. The Morgan fingerprint density at radius 1 is 1.40 bits per heavy atom. The number of carboxylic acid groups (broad SMARTS) is 1. The van der Waals surface area contributed by atoms with Crippen molar-refractivity contribution in [3.63, 3.8) is 0 Å². The highest BCUT2D eigenvalue weighted by Crippen LogP contribution is 2.32. The highest BCUT2D eigenvalue weighted by molar-refractivity contribution is 6.30. The van der Waals surface area contributed by atoms with Crippen LogP contribution in [-0.4, -0.2) is 29.6 Å². The number of nitrogens with one attached hydrogen (secondary N) is 2. The van der Waals surface area contributed by atoms with E-state index in [1.807, 2.05) is 0 Å². The van der Waals surface area contributed by atoms with Gasteiger partial charge in [0.1, 0.15) is 6.04 Å². The Labute approximate surface area is 122 Å². The van der Waals surface area contributed by atoms with Gasteiger partial charge < -0.3 is 15.7 Å². The fourth-order valence-corrected chi connectivity index (χ4v) is 2.21. The highest BCUT2D eigenvalue weighted by Gasteiger charge is 2.35. The summed E-state index contributed by atoms with van der Waals surface area (Å²) in [6, 6.07) is 6.36. The zero-order valence-corrected chi connectivity index (χ0v) is 11.7. The van der Waals surface area contributed by atoms with Crippen LogP contribution in [0.15, 0.2) is 24.3 Å². The second kappa shape index (κ2) is 6.72. The minimum Gasteiger partial charge on any atom is -0.480 e. The van der Waals surface area contributed by atoms with Crippen molar-refractivity contribution in [2.75, 3.05) is 11.9 Å². The Hall–Kier alpha value is -1.59. The van der Waals surface area contributed by atoms with Crippen LogP contribution in [0.2, 0.25) is 5.02 Å². The van der Waals surface area contributed by atoms with Gasteiger partial charge in [0.2, 0.25) is 5.91 Å². The number of hydrogen-bond donors (Lipinski definition) is 3. The van der Waals surface area contributed by atoms with Gasteiger partial charge in [-0.1, -0.05) is 17.7 Å². The van der Waals surface area contributed by atoms with Gasteiger partial charge in [-0.25, -0.2) is 0 Å². The zero-order chi connectivity index (χ0) is 14.5. The van der Waals surface area contributed by atoms with E-state index in [1.165, 1.54) is 0 Å². The number of rotatable bonds is 7. The summed E-state index contributed by atoms with van der Waals surface area (Å²) >= 11 is 5.82. The van der Waals surface area contributed by atoms with Gasteiger partial charge in [-0.3, -0.25) is 9.59 Å². The molecule has 0 bridgehead atoms. The molecule has 1 unspecified atom stereocenters. The number of benzene rings is 1. The summed E-state index contributed by atoms with van der Waals surface area (Å²) in [6.45, 7) is 0.347. The van der Waals surface area contributed by atoms with Crippen molar-refractivity contribution in [3.05, 3.63) is 29.3 Å². The van der Waals surface area contributed by atoms with Gasteiger partial charge in [-0.2, -0.15) is 0 Å². The lowest BCUT2D eigenvalue weighted by Gasteiger charge is -2.13. The van der Waals surface area contributed by atoms with Crippen LogP contribution in [0.5, 0.6) is 0 Å². The van der Waals surface area contributed by atoms with Crippen molar-refractivity contribution in [1.29, 1.82) is 0 Å². The molecule has 1 atom stereocenters. The number of anilines is 1. The first-order chi connectivity index (χ1) is 9.56. The van der Waals surface area contributed by atoms with Crippen LogP contribution < -0.4 is 10.6 Å². The summed E-state index contributed by atoms with van der Waals surface area (Å²) < 4.78 is 0. The van der Waals surface area contributed by atoms with E-state index < -0.39 is 12.0 Å². The van der Waals surface area contributed by atoms with Crippen LogP contribution in [0.25, 0.3) is 0 Å². The van der Waals surface area contributed by atoms with Gasteiger partial charge in [-0.05, 0) is 37.0 Å². The minimum atomic E-state index is -0.845. The summed E-state index contributed by atoms with van der Waals surface area (Å²) in [7, 11) is 0. The molecule has 3 N–H and O–H groups in total. The van der Waals surface area contributed by atoms with E-state index in [1.54, 1.807) is 24.3 Å². The van der Waals surface area contributed by atoms with Crippen LogP contribution in [0.4, 0.5) is 5.69 Å². The maximum absolute atomic E-state index is 11.7. The van der Waals surface area contributed by atoms with Crippen molar-refractivity contribution in [2.24, 2.45) is 5.92 Å². The minimum absolute atomic E-state index is 0.167. The predicted molar refractivity (Wildman–Crippen MR) is 76.8 cm³/mol. The van der Waals surface area contributed by atoms with Crippen LogP contribution in [0.1, 0.15) is 19.3 Å². The molecule has 1 saturated carbocycles. The lowest BCUT2D eigenvalue weighted by molar-refractivity contribution is -0.140. The van der Waals surface area contributed by atoms with Crippen molar-refractivity contribution < 1.29 is 14.7 Å². The molecular formula is C14H17ClN2O3. The number of carbonyl (C=O) groups is 2. The van der Waals surface area contributed by atoms with Crippen LogP contribution in [-0.2, 0) is 9.59 Å². The maximum atomic E-state index is 11.7. The standard InChI is InChI=1S/C14H17ClN2O3/c15-10-2-1-3-11(8-10)17-12(18)6-7-16-13(14(19)20)9-4-5-9/h1-3,8-9,13,16H,4-7H2,(H,17,18)(H,19,20). The fraction of sp³-hybridized carbons (Fsp3) is 0.429. The monoisotopic (exact) mass is 296 g/mol. The summed E-state index contributed by atoms with van der Waals surface area (Å²) in [5.74, 6) is -0.800. The van der Waals surface area contributed by atoms with Gasteiger partial charge in [0, 0.05) is 23.7 Å². The van der Waals surface area contributed by atoms with Gasteiger partial charge in [0.15, 0.2) is 0 Å². The molecule has 6 heteroatoms. The first kappa shape index (κ1) is 14.8. The van der Waals surface area contributed by atoms with Gasteiger partial charge in [0.25, 0.3) is 0 Å². The Bertz CT molecular complexity index is 503. The van der Waals surface area contributed by atoms with Crippen molar-refractivity contribution >= 4 is 29.2 Å². The molecule has 0 aliphatic heterocycles. The molecule has 108 valence electrons. The smallest absolute Gasteiger partial charge is 0.320 e.